The van der Waals surface area contributed by atoms with Crippen molar-refractivity contribution in [1.29, 1.82) is 0 Å². The van der Waals surface area contributed by atoms with Gasteiger partial charge in [0.25, 0.3) is 17.7 Å². The zero-order chi connectivity index (χ0) is 21.4. The lowest BCUT2D eigenvalue weighted by Crippen LogP contribution is -2.49. The van der Waals surface area contributed by atoms with E-state index in [4.69, 9.17) is 11.6 Å². The lowest BCUT2D eigenvalue weighted by atomic mass is 9.76. The second-order valence-electron chi connectivity index (χ2n) is 8.09. The van der Waals surface area contributed by atoms with Crippen LogP contribution in [-0.4, -0.2) is 27.7 Å². The van der Waals surface area contributed by atoms with Gasteiger partial charge >= 0.3 is 0 Å². The molecule has 3 amide bonds. The van der Waals surface area contributed by atoms with E-state index in [0.29, 0.717) is 18.8 Å². The number of nitrogens with zero attached hydrogens (tertiary/aromatic N) is 2. The third-order valence-corrected chi connectivity index (χ3v) is 6.85. The minimum Gasteiger partial charge on any atom is -0.272 e. The molecule has 2 fully saturated rings. The highest BCUT2D eigenvalue weighted by Crippen LogP contribution is 2.41. The van der Waals surface area contributed by atoms with Gasteiger partial charge in [0.1, 0.15) is 0 Å². The third kappa shape index (κ3) is 3.91. The normalized spacial score (nSPS) is 23.4. The van der Waals surface area contributed by atoms with Crippen LogP contribution in [0, 0.1) is 17.8 Å². The first-order valence-electron chi connectivity index (χ1n) is 10.1. The molecule has 1 heterocycles. The molecule has 0 bridgehead atoms. The smallest absolute Gasteiger partial charge is 0.272 e. The number of carbonyl (C=O) groups excluding carboxylic acids is 3. The standard InChI is InChI=1S/C23H22BrClN2O3/c1-14-6-11-17-19(12-14)23(30)27(22(17)29)26(13-15-7-9-16(24)10-8-15)21(28)18-4-2-3-5-20(18)25/h2-5,7-10,14,17,19H,6,11-13H2,1H3/t14-,17+,19-/m1/s1. The summed E-state index contributed by atoms with van der Waals surface area (Å²) < 4.78 is 0.906. The van der Waals surface area contributed by atoms with Crippen molar-refractivity contribution >= 4 is 45.3 Å². The van der Waals surface area contributed by atoms with Gasteiger partial charge in [0.2, 0.25) is 0 Å². The summed E-state index contributed by atoms with van der Waals surface area (Å²) in [5.41, 5.74) is 1.07. The molecule has 0 aromatic heterocycles. The van der Waals surface area contributed by atoms with Gasteiger partial charge in [0.05, 0.1) is 29.0 Å². The lowest BCUT2D eigenvalue weighted by molar-refractivity contribution is -0.155. The number of imide groups is 1. The van der Waals surface area contributed by atoms with Crippen LogP contribution >= 0.6 is 27.5 Å². The molecular weight excluding hydrogens is 468 g/mol. The van der Waals surface area contributed by atoms with Crippen molar-refractivity contribution < 1.29 is 14.4 Å². The van der Waals surface area contributed by atoms with Crippen molar-refractivity contribution in [3.05, 3.63) is 69.2 Å². The van der Waals surface area contributed by atoms with Gasteiger partial charge in [0.15, 0.2) is 0 Å². The minimum absolute atomic E-state index is 0.101. The van der Waals surface area contributed by atoms with Gasteiger partial charge in [-0.2, -0.15) is 5.01 Å². The number of halogens is 2. The van der Waals surface area contributed by atoms with Crippen molar-refractivity contribution in [3.8, 4) is 0 Å². The number of carbonyl (C=O) groups is 3. The van der Waals surface area contributed by atoms with Crippen LogP contribution in [0.15, 0.2) is 53.0 Å². The Bertz CT molecular complexity index is 994. The van der Waals surface area contributed by atoms with E-state index in [2.05, 4.69) is 22.9 Å². The summed E-state index contributed by atoms with van der Waals surface area (Å²) in [4.78, 5) is 40.0. The van der Waals surface area contributed by atoms with E-state index in [1.165, 1.54) is 5.01 Å². The molecule has 1 aliphatic heterocycles. The molecule has 7 heteroatoms. The molecule has 0 spiro atoms. The monoisotopic (exact) mass is 488 g/mol. The Morgan fingerprint density at radius 3 is 2.43 bits per heavy atom. The Hall–Kier alpha value is -2.18. The molecule has 4 rings (SSSR count). The number of hydrazine groups is 1. The van der Waals surface area contributed by atoms with Gasteiger partial charge in [-0.05, 0) is 55.0 Å². The summed E-state index contributed by atoms with van der Waals surface area (Å²) in [5.74, 6) is -1.34. The van der Waals surface area contributed by atoms with Gasteiger partial charge in [0, 0.05) is 4.47 Å². The Morgan fingerprint density at radius 2 is 1.73 bits per heavy atom. The summed E-state index contributed by atoms with van der Waals surface area (Å²) in [7, 11) is 0. The number of benzene rings is 2. The van der Waals surface area contributed by atoms with Crippen LogP contribution in [0.1, 0.15) is 42.1 Å². The van der Waals surface area contributed by atoms with E-state index in [9.17, 15) is 14.4 Å². The van der Waals surface area contributed by atoms with E-state index in [1.54, 1.807) is 24.3 Å². The highest BCUT2D eigenvalue weighted by molar-refractivity contribution is 9.10. The quantitative estimate of drug-likeness (QED) is 0.563. The first-order chi connectivity index (χ1) is 14.4. The molecule has 0 unspecified atom stereocenters. The van der Waals surface area contributed by atoms with E-state index >= 15 is 0 Å². The SMILES string of the molecule is C[C@@H]1CC[C@@H]2C(=O)N(N(Cc3ccc(Br)cc3)C(=O)c3ccccc3Cl)C(=O)[C@@H]2C1. The number of fused-ring (bicyclic) bond motifs is 1. The van der Waals surface area contributed by atoms with Crippen LogP contribution in [0.25, 0.3) is 0 Å². The number of hydrogen-bond donors (Lipinski definition) is 0. The fourth-order valence-electron chi connectivity index (χ4n) is 4.38. The molecule has 0 radical (unpaired) electrons. The fraction of sp³-hybridized carbons (Fsp3) is 0.348. The van der Waals surface area contributed by atoms with Crippen LogP contribution < -0.4 is 0 Å². The maximum atomic E-state index is 13.5. The van der Waals surface area contributed by atoms with Crippen molar-refractivity contribution in [2.45, 2.75) is 32.7 Å². The molecule has 2 aliphatic rings. The van der Waals surface area contributed by atoms with Crippen LogP contribution in [0.5, 0.6) is 0 Å². The van der Waals surface area contributed by atoms with Crippen LogP contribution in [0.2, 0.25) is 5.02 Å². The molecule has 1 saturated heterocycles. The van der Waals surface area contributed by atoms with Gasteiger partial charge < -0.3 is 0 Å². The summed E-state index contributed by atoms with van der Waals surface area (Å²) in [6.45, 7) is 2.20. The predicted molar refractivity (Wildman–Crippen MR) is 117 cm³/mol. The largest absolute Gasteiger partial charge is 0.274 e. The summed E-state index contributed by atoms with van der Waals surface area (Å²) in [6.07, 6.45) is 2.27. The molecule has 5 nitrogen and oxygen atoms in total. The van der Waals surface area contributed by atoms with Crippen molar-refractivity contribution in [1.82, 2.24) is 10.0 Å². The van der Waals surface area contributed by atoms with Gasteiger partial charge in [-0.15, -0.1) is 0 Å². The van der Waals surface area contributed by atoms with Crippen LogP contribution in [-0.2, 0) is 16.1 Å². The van der Waals surface area contributed by atoms with E-state index in [-0.39, 0.29) is 40.8 Å². The Kier molecular flexibility index (Phi) is 5.98. The number of amides is 3. The lowest BCUT2D eigenvalue weighted by Gasteiger charge is -2.31. The number of hydrogen-bond acceptors (Lipinski definition) is 3. The second-order valence-corrected chi connectivity index (χ2v) is 9.41. The number of rotatable bonds is 4. The molecule has 1 saturated carbocycles. The second kappa shape index (κ2) is 8.52. The Labute approximate surface area is 189 Å². The average molecular weight is 490 g/mol. The van der Waals surface area contributed by atoms with E-state index in [0.717, 1.165) is 21.5 Å². The van der Waals surface area contributed by atoms with Gasteiger partial charge in [-0.1, -0.05) is 58.7 Å². The molecule has 2 aromatic rings. The topological polar surface area (TPSA) is 57.7 Å². The fourth-order valence-corrected chi connectivity index (χ4v) is 4.86. The zero-order valence-corrected chi connectivity index (χ0v) is 18.9. The van der Waals surface area contributed by atoms with Crippen molar-refractivity contribution in [3.63, 3.8) is 0 Å². The zero-order valence-electron chi connectivity index (χ0n) is 16.6. The molecule has 30 heavy (non-hydrogen) atoms. The maximum absolute atomic E-state index is 13.5. The van der Waals surface area contributed by atoms with E-state index < -0.39 is 5.91 Å². The first-order valence-corrected chi connectivity index (χ1v) is 11.2. The predicted octanol–water partition coefficient (Wildman–Crippen LogP) is 5.08. The Morgan fingerprint density at radius 1 is 1.07 bits per heavy atom. The highest BCUT2D eigenvalue weighted by atomic mass is 79.9. The molecular formula is C23H22BrClN2O3. The summed E-state index contributed by atoms with van der Waals surface area (Å²) >= 11 is 9.67. The molecule has 2 aromatic carbocycles. The summed E-state index contributed by atoms with van der Waals surface area (Å²) in [5, 5.41) is 2.63. The molecule has 3 atom stereocenters. The molecule has 1 aliphatic carbocycles. The minimum atomic E-state index is -0.461. The van der Waals surface area contributed by atoms with Crippen LogP contribution in [0.3, 0.4) is 0 Å². The van der Waals surface area contributed by atoms with Gasteiger partial charge in [-0.3, -0.25) is 14.4 Å². The Balaban J connectivity index is 1.72. The van der Waals surface area contributed by atoms with Crippen molar-refractivity contribution in [2.75, 3.05) is 0 Å². The van der Waals surface area contributed by atoms with E-state index in [1.807, 2.05) is 24.3 Å². The highest BCUT2D eigenvalue weighted by Gasteiger charge is 2.52. The molecule has 0 N–H and O–H groups in total. The van der Waals surface area contributed by atoms with Crippen molar-refractivity contribution in [2.24, 2.45) is 17.8 Å². The summed E-state index contributed by atoms with van der Waals surface area (Å²) in [6, 6.07) is 14.1. The van der Waals surface area contributed by atoms with Gasteiger partial charge in [-0.25, -0.2) is 5.01 Å². The first kappa shape index (κ1) is 21.1. The maximum Gasteiger partial charge on any atom is 0.274 e. The average Bonchev–Trinajstić information content (AvgIpc) is 2.97. The molecule has 156 valence electrons. The van der Waals surface area contributed by atoms with Crippen LogP contribution in [0.4, 0.5) is 0 Å². The third-order valence-electron chi connectivity index (χ3n) is 5.99.